The van der Waals surface area contributed by atoms with Crippen LogP contribution in [-0.2, 0) is 24.5 Å². The van der Waals surface area contributed by atoms with Crippen LogP contribution < -0.4 is 15.2 Å². The molecule has 0 atom stereocenters. The number of benzene rings is 2. The van der Waals surface area contributed by atoms with Crippen molar-refractivity contribution in [3.8, 4) is 11.5 Å². The summed E-state index contributed by atoms with van der Waals surface area (Å²) in [6, 6.07) is 13.8. The molecule has 2 N–H and O–H groups in total. The smallest absolute Gasteiger partial charge is 0.152 e. The molecule has 0 amide bonds. The number of ether oxygens (including phenoxy) is 3. The van der Waals surface area contributed by atoms with Crippen LogP contribution in [0.3, 0.4) is 0 Å². The van der Waals surface area contributed by atoms with Crippen LogP contribution in [0.2, 0.25) is 0 Å². The second kappa shape index (κ2) is 9.44. The van der Waals surface area contributed by atoms with Crippen LogP contribution in [-0.4, -0.2) is 28.3 Å². The van der Waals surface area contributed by atoms with E-state index in [2.05, 4.69) is 23.4 Å². The zero-order valence-electron chi connectivity index (χ0n) is 19.1. The third-order valence-corrected chi connectivity index (χ3v) is 5.30. The number of imidazole rings is 1. The number of hydrogen-bond donors (Lipinski definition) is 1. The Morgan fingerprint density at radius 1 is 1.00 bits per heavy atom. The fourth-order valence-corrected chi connectivity index (χ4v) is 3.78. The van der Waals surface area contributed by atoms with Crippen molar-refractivity contribution in [2.24, 2.45) is 5.92 Å². The molecule has 2 aromatic heterocycles. The van der Waals surface area contributed by atoms with Crippen molar-refractivity contribution in [1.82, 2.24) is 14.5 Å². The number of fused-ring (bicyclic) bond motifs is 3. The van der Waals surface area contributed by atoms with Gasteiger partial charge in [-0.3, -0.25) is 0 Å². The monoisotopic (exact) mass is 434 g/mol. The van der Waals surface area contributed by atoms with Gasteiger partial charge in [-0.1, -0.05) is 26.0 Å². The minimum Gasteiger partial charge on any atom is -0.497 e. The molecule has 0 spiro atoms. The number of nitrogen functional groups attached to an aromatic ring is 1. The molecule has 0 aliphatic heterocycles. The number of methoxy groups -OCH3 is 1. The first-order chi connectivity index (χ1) is 15.5. The topological polar surface area (TPSA) is 84.4 Å². The minimum absolute atomic E-state index is 0.417. The Balaban J connectivity index is 1.70. The lowest BCUT2D eigenvalue weighted by Gasteiger charge is -2.14. The van der Waals surface area contributed by atoms with E-state index >= 15 is 0 Å². The SMILES string of the molecule is CCOCc1nc2c(N)nc3cc(OCc4ccc(OC)cc4)ccc3c2n1CC(C)C. The third-order valence-electron chi connectivity index (χ3n) is 5.30. The number of rotatable bonds is 9. The number of aromatic nitrogens is 3. The summed E-state index contributed by atoms with van der Waals surface area (Å²) in [6.45, 7) is 8.72. The van der Waals surface area contributed by atoms with Crippen molar-refractivity contribution in [1.29, 1.82) is 0 Å². The minimum atomic E-state index is 0.417. The van der Waals surface area contributed by atoms with Gasteiger partial charge >= 0.3 is 0 Å². The summed E-state index contributed by atoms with van der Waals surface area (Å²) >= 11 is 0. The second-order valence-electron chi connectivity index (χ2n) is 8.18. The highest BCUT2D eigenvalue weighted by Crippen LogP contribution is 2.32. The Morgan fingerprint density at radius 2 is 1.75 bits per heavy atom. The van der Waals surface area contributed by atoms with Gasteiger partial charge in [0.15, 0.2) is 5.82 Å². The van der Waals surface area contributed by atoms with Crippen LogP contribution in [0.25, 0.3) is 21.9 Å². The fraction of sp³-hybridized carbons (Fsp3) is 0.360. The molecule has 4 aromatic rings. The zero-order chi connectivity index (χ0) is 22.7. The lowest BCUT2D eigenvalue weighted by Crippen LogP contribution is -2.10. The van der Waals surface area contributed by atoms with Gasteiger partial charge in [-0.15, -0.1) is 0 Å². The number of anilines is 1. The van der Waals surface area contributed by atoms with E-state index in [-0.39, 0.29) is 0 Å². The van der Waals surface area contributed by atoms with Crippen LogP contribution in [0, 0.1) is 5.92 Å². The van der Waals surface area contributed by atoms with Gasteiger partial charge in [0.25, 0.3) is 0 Å². The molecule has 0 fully saturated rings. The molecule has 0 bridgehead atoms. The molecule has 0 saturated carbocycles. The Labute approximate surface area is 188 Å². The highest BCUT2D eigenvalue weighted by atomic mass is 16.5. The molecule has 4 rings (SSSR count). The van der Waals surface area contributed by atoms with Crippen LogP contribution in [0.5, 0.6) is 11.5 Å². The van der Waals surface area contributed by atoms with E-state index in [9.17, 15) is 0 Å². The van der Waals surface area contributed by atoms with Gasteiger partial charge in [0.1, 0.15) is 36.1 Å². The summed E-state index contributed by atoms with van der Waals surface area (Å²) in [5.41, 5.74) is 9.89. The van der Waals surface area contributed by atoms with E-state index in [1.54, 1.807) is 7.11 Å². The van der Waals surface area contributed by atoms with Crippen molar-refractivity contribution in [2.75, 3.05) is 19.5 Å². The van der Waals surface area contributed by atoms with Gasteiger partial charge in [-0.25, -0.2) is 9.97 Å². The van der Waals surface area contributed by atoms with Crippen molar-refractivity contribution in [3.05, 3.63) is 53.9 Å². The molecule has 2 heterocycles. The second-order valence-corrected chi connectivity index (χ2v) is 8.18. The molecule has 2 aromatic carbocycles. The van der Waals surface area contributed by atoms with Crippen molar-refractivity contribution < 1.29 is 14.2 Å². The largest absolute Gasteiger partial charge is 0.497 e. The van der Waals surface area contributed by atoms with Gasteiger partial charge in [0.05, 0.1) is 18.1 Å². The fourth-order valence-electron chi connectivity index (χ4n) is 3.78. The first kappa shape index (κ1) is 21.9. The van der Waals surface area contributed by atoms with E-state index in [4.69, 9.17) is 24.9 Å². The quantitative estimate of drug-likeness (QED) is 0.401. The van der Waals surface area contributed by atoms with Gasteiger partial charge in [0, 0.05) is 24.6 Å². The Hall–Kier alpha value is -3.32. The van der Waals surface area contributed by atoms with Crippen LogP contribution in [0.15, 0.2) is 42.5 Å². The standard InChI is InChI=1S/C25H30N4O3/c1-5-31-15-22-28-23-24(29(22)13-16(2)3)20-11-10-19(12-21(20)27-25(23)26)32-14-17-6-8-18(30-4)9-7-17/h6-12,16H,5,13-15H2,1-4H3,(H2,26,27). The Bertz CT molecular complexity index is 1220. The third kappa shape index (κ3) is 4.48. The Kier molecular flexibility index (Phi) is 6.46. The van der Waals surface area contributed by atoms with Gasteiger partial charge in [-0.2, -0.15) is 0 Å². The molecule has 0 saturated heterocycles. The number of nitrogens with two attached hydrogens (primary N) is 1. The van der Waals surface area contributed by atoms with E-state index in [0.717, 1.165) is 51.4 Å². The highest BCUT2D eigenvalue weighted by Gasteiger charge is 2.18. The first-order valence-corrected chi connectivity index (χ1v) is 10.9. The molecular formula is C25H30N4O3. The van der Waals surface area contributed by atoms with Crippen LogP contribution in [0.1, 0.15) is 32.2 Å². The van der Waals surface area contributed by atoms with Crippen molar-refractivity contribution >= 4 is 27.8 Å². The zero-order valence-corrected chi connectivity index (χ0v) is 19.1. The highest BCUT2D eigenvalue weighted by molar-refractivity contribution is 6.06. The average Bonchev–Trinajstić information content (AvgIpc) is 3.14. The summed E-state index contributed by atoms with van der Waals surface area (Å²) in [5.74, 6) is 3.30. The summed E-state index contributed by atoms with van der Waals surface area (Å²) < 4.78 is 19.1. The molecule has 0 radical (unpaired) electrons. The summed E-state index contributed by atoms with van der Waals surface area (Å²) in [5, 5.41) is 1.00. The van der Waals surface area contributed by atoms with Crippen LogP contribution >= 0.6 is 0 Å². The predicted octanol–water partition coefficient (Wildman–Crippen LogP) is 4.95. The van der Waals surface area contributed by atoms with Gasteiger partial charge in [0.2, 0.25) is 0 Å². The average molecular weight is 435 g/mol. The molecule has 7 nitrogen and oxygen atoms in total. The molecular weight excluding hydrogens is 404 g/mol. The number of pyridine rings is 1. The molecule has 0 unspecified atom stereocenters. The summed E-state index contributed by atoms with van der Waals surface area (Å²) in [7, 11) is 1.66. The van der Waals surface area contributed by atoms with Gasteiger partial charge in [-0.05, 0) is 42.7 Å². The van der Waals surface area contributed by atoms with E-state index in [0.29, 0.717) is 31.6 Å². The number of nitrogens with zero attached hydrogens (tertiary/aromatic N) is 3. The maximum absolute atomic E-state index is 6.33. The predicted molar refractivity (Wildman–Crippen MR) is 127 cm³/mol. The Morgan fingerprint density at radius 3 is 2.44 bits per heavy atom. The first-order valence-electron chi connectivity index (χ1n) is 10.9. The van der Waals surface area contributed by atoms with E-state index < -0.39 is 0 Å². The summed E-state index contributed by atoms with van der Waals surface area (Å²) in [6.07, 6.45) is 0. The molecule has 32 heavy (non-hydrogen) atoms. The molecule has 168 valence electrons. The maximum atomic E-state index is 6.33. The lowest BCUT2D eigenvalue weighted by atomic mass is 10.1. The summed E-state index contributed by atoms with van der Waals surface area (Å²) in [4.78, 5) is 9.40. The van der Waals surface area contributed by atoms with Gasteiger partial charge < -0.3 is 24.5 Å². The van der Waals surface area contributed by atoms with E-state index in [1.807, 2.05) is 49.4 Å². The van der Waals surface area contributed by atoms with E-state index in [1.165, 1.54) is 0 Å². The normalized spacial score (nSPS) is 11.5. The number of hydrogen-bond acceptors (Lipinski definition) is 6. The maximum Gasteiger partial charge on any atom is 0.152 e. The van der Waals surface area contributed by atoms with Crippen molar-refractivity contribution in [3.63, 3.8) is 0 Å². The van der Waals surface area contributed by atoms with Crippen molar-refractivity contribution in [2.45, 2.75) is 40.5 Å². The molecule has 0 aliphatic rings. The molecule has 0 aliphatic carbocycles. The van der Waals surface area contributed by atoms with Crippen LogP contribution in [0.4, 0.5) is 5.82 Å². The molecule has 7 heteroatoms. The lowest BCUT2D eigenvalue weighted by molar-refractivity contribution is 0.125.